The predicted molar refractivity (Wildman–Crippen MR) is 69.2 cm³/mol. The van der Waals surface area contributed by atoms with E-state index < -0.39 is 4.92 Å². The summed E-state index contributed by atoms with van der Waals surface area (Å²) in [5.41, 5.74) is 0.480. The highest BCUT2D eigenvalue weighted by Crippen LogP contribution is 2.29. The van der Waals surface area contributed by atoms with Crippen molar-refractivity contribution in [3.05, 3.63) is 28.3 Å². The Bertz CT molecular complexity index is 409. The molecule has 0 amide bonds. The van der Waals surface area contributed by atoms with Crippen molar-refractivity contribution in [1.29, 1.82) is 0 Å². The van der Waals surface area contributed by atoms with Crippen LogP contribution < -0.4 is 10.1 Å². The minimum absolute atomic E-state index is 0.00361. The van der Waals surface area contributed by atoms with E-state index in [0.29, 0.717) is 18.0 Å². The Labute approximate surface area is 106 Å². The molecule has 0 fully saturated rings. The summed E-state index contributed by atoms with van der Waals surface area (Å²) in [5, 5.41) is 14.1. The highest BCUT2D eigenvalue weighted by atomic mass is 16.6. The van der Waals surface area contributed by atoms with Crippen molar-refractivity contribution in [2.45, 2.75) is 19.4 Å². The van der Waals surface area contributed by atoms with Crippen molar-refractivity contribution in [3.63, 3.8) is 0 Å². The maximum absolute atomic E-state index is 11.0. The van der Waals surface area contributed by atoms with Gasteiger partial charge in [-0.3, -0.25) is 10.1 Å². The number of hydrogen-bond acceptors (Lipinski definition) is 5. The minimum Gasteiger partial charge on any atom is -0.496 e. The molecule has 1 aromatic carbocycles. The van der Waals surface area contributed by atoms with Crippen LogP contribution in [0.4, 0.5) is 11.4 Å². The van der Waals surface area contributed by atoms with E-state index in [4.69, 9.17) is 9.47 Å². The third-order valence-corrected chi connectivity index (χ3v) is 2.62. The molecule has 0 aliphatic heterocycles. The van der Waals surface area contributed by atoms with E-state index in [-0.39, 0.29) is 11.7 Å². The standard InChI is InChI=1S/C12H18N2O4/c1-4-9(8-17-2)13-11-6-5-10(18-3)7-12(11)14(15)16/h5-7,9,13H,4,8H2,1-3H3. The van der Waals surface area contributed by atoms with E-state index in [9.17, 15) is 10.1 Å². The Morgan fingerprint density at radius 3 is 2.67 bits per heavy atom. The predicted octanol–water partition coefficient (Wildman–Crippen LogP) is 2.44. The molecule has 1 unspecified atom stereocenters. The van der Waals surface area contributed by atoms with E-state index in [0.717, 1.165) is 6.42 Å². The van der Waals surface area contributed by atoms with Crippen LogP contribution in [0.1, 0.15) is 13.3 Å². The zero-order chi connectivity index (χ0) is 13.5. The first kappa shape index (κ1) is 14.2. The molecule has 1 aromatic rings. The molecule has 0 aliphatic carbocycles. The number of hydrogen-bond donors (Lipinski definition) is 1. The zero-order valence-corrected chi connectivity index (χ0v) is 10.8. The molecule has 0 radical (unpaired) electrons. The van der Waals surface area contributed by atoms with Crippen LogP contribution in [-0.4, -0.2) is 31.8 Å². The van der Waals surface area contributed by atoms with Crippen LogP contribution in [0, 0.1) is 10.1 Å². The fourth-order valence-electron chi connectivity index (χ4n) is 1.59. The number of methoxy groups -OCH3 is 2. The van der Waals surface area contributed by atoms with Gasteiger partial charge in [-0.05, 0) is 18.6 Å². The highest BCUT2D eigenvalue weighted by molar-refractivity contribution is 5.64. The van der Waals surface area contributed by atoms with Crippen LogP contribution in [-0.2, 0) is 4.74 Å². The molecule has 0 saturated heterocycles. The molecule has 18 heavy (non-hydrogen) atoms. The molecule has 1 N–H and O–H groups in total. The zero-order valence-electron chi connectivity index (χ0n) is 10.8. The first-order valence-corrected chi connectivity index (χ1v) is 5.70. The largest absolute Gasteiger partial charge is 0.496 e. The van der Waals surface area contributed by atoms with Gasteiger partial charge < -0.3 is 14.8 Å². The molecule has 1 rings (SSSR count). The van der Waals surface area contributed by atoms with Crippen LogP contribution in [0.25, 0.3) is 0 Å². The summed E-state index contributed by atoms with van der Waals surface area (Å²) in [6.45, 7) is 2.49. The van der Waals surface area contributed by atoms with E-state index in [1.165, 1.54) is 13.2 Å². The number of nitro groups is 1. The Kier molecular flexibility index (Phi) is 5.38. The molecule has 0 bridgehead atoms. The van der Waals surface area contributed by atoms with Crippen molar-refractivity contribution in [2.75, 3.05) is 26.1 Å². The van der Waals surface area contributed by atoms with Gasteiger partial charge in [0.05, 0.1) is 24.7 Å². The number of benzene rings is 1. The molecular weight excluding hydrogens is 236 g/mol. The van der Waals surface area contributed by atoms with E-state index in [1.807, 2.05) is 6.92 Å². The van der Waals surface area contributed by atoms with Crippen molar-refractivity contribution in [3.8, 4) is 5.75 Å². The molecule has 0 aromatic heterocycles. The van der Waals surface area contributed by atoms with Crippen LogP contribution in [0.5, 0.6) is 5.75 Å². The van der Waals surface area contributed by atoms with E-state index in [2.05, 4.69) is 5.32 Å². The van der Waals surface area contributed by atoms with Gasteiger partial charge in [0, 0.05) is 13.2 Å². The Balaban J connectivity index is 2.96. The van der Waals surface area contributed by atoms with Crippen LogP contribution in [0.15, 0.2) is 18.2 Å². The third-order valence-electron chi connectivity index (χ3n) is 2.62. The Hall–Kier alpha value is -1.82. The van der Waals surface area contributed by atoms with Gasteiger partial charge >= 0.3 is 0 Å². The number of ether oxygens (including phenoxy) is 2. The summed E-state index contributed by atoms with van der Waals surface area (Å²) in [7, 11) is 3.08. The summed E-state index contributed by atoms with van der Waals surface area (Å²) in [4.78, 5) is 10.6. The number of nitrogens with one attached hydrogen (secondary N) is 1. The maximum Gasteiger partial charge on any atom is 0.296 e. The van der Waals surface area contributed by atoms with Crippen molar-refractivity contribution in [1.82, 2.24) is 0 Å². The van der Waals surface area contributed by atoms with Gasteiger partial charge in [-0.15, -0.1) is 0 Å². The number of rotatable bonds is 7. The van der Waals surface area contributed by atoms with E-state index >= 15 is 0 Å². The molecule has 0 aliphatic rings. The fraction of sp³-hybridized carbons (Fsp3) is 0.500. The normalized spacial score (nSPS) is 11.9. The molecule has 0 saturated carbocycles. The molecule has 6 nitrogen and oxygen atoms in total. The van der Waals surface area contributed by atoms with Gasteiger partial charge in [0.2, 0.25) is 0 Å². The van der Waals surface area contributed by atoms with Crippen LogP contribution >= 0.6 is 0 Å². The topological polar surface area (TPSA) is 73.6 Å². The highest BCUT2D eigenvalue weighted by Gasteiger charge is 2.17. The van der Waals surface area contributed by atoms with Crippen LogP contribution in [0.2, 0.25) is 0 Å². The summed E-state index contributed by atoms with van der Waals surface area (Å²) < 4.78 is 10.0. The monoisotopic (exact) mass is 254 g/mol. The SMILES string of the molecule is CCC(COC)Nc1ccc(OC)cc1[N+](=O)[O-]. The lowest BCUT2D eigenvalue weighted by Gasteiger charge is -2.17. The molecule has 1 atom stereocenters. The summed E-state index contributed by atoms with van der Waals surface area (Å²) in [5.74, 6) is 0.465. The number of nitro benzene ring substituents is 1. The molecule has 0 heterocycles. The first-order chi connectivity index (χ1) is 8.62. The first-order valence-electron chi connectivity index (χ1n) is 5.70. The molecular formula is C12H18N2O4. The number of anilines is 1. The minimum atomic E-state index is -0.426. The van der Waals surface area contributed by atoms with Crippen molar-refractivity contribution < 1.29 is 14.4 Å². The fourth-order valence-corrected chi connectivity index (χ4v) is 1.59. The smallest absolute Gasteiger partial charge is 0.296 e. The number of nitrogens with zero attached hydrogens (tertiary/aromatic N) is 1. The van der Waals surface area contributed by atoms with Crippen molar-refractivity contribution in [2.24, 2.45) is 0 Å². The maximum atomic E-state index is 11.0. The summed E-state index contributed by atoms with van der Waals surface area (Å²) in [6.07, 6.45) is 0.816. The van der Waals surface area contributed by atoms with Gasteiger partial charge in [-0.25, -0.2) is 0 Å². The van der Waals surface area contributed by atoms with Crippen LogP contribution in [0.3, 0.4) is 0 Å². The molecule has 6 heteroatoms. The lowest BCUT2D eigenvalue weighted by Crippen LogP contribution is -2.24. The van der Waals surface area contributed by atoms with Gasteiger partial charge in [0.25, 0.3) is 5.69 Å². The third kappa shape index (κ3) is 3.59. The average Bonchev–Trinajstić information content (AvgIpc) is 2.38. The lowest BCUT2D eigenvalue weighted by molar-refractivity contribution is -0.384. The Morgan fingerprint density at radius 1 is 1.44 bits per heavy atom. The Morgan fingerprint density at radius 2 is 2.17 bits per heavy atom. The molecule has 0 spiro atoms. The lowest BCUT2D eigenvalue weighted by atomic mass is 10.2. The van der Waals surface area contributed by atoms with Gasteiger partial charge in [0.1, 0.15) is 11.4 Å². The average molecular weight is 254 g/mol. The van der Waals surface area contributed by atoms with Gasteiger partial charge in [-0.2, -0.15) is 0 Å². The van der Waals surface area contributed by atoms with Gasteiger partial charge in [-0.1, -0.05) is 6.92 Å². The van der Waals surface area contributed by atoms with E-state index in [1.54, 1.807) is 19.2 Å². The summed E-state index contributed by atoms with van der Waals surface area (Å²) in [6, 6.07) is 4.79. The van der Waals surface area contributed by atoms with Gasteiger partial charge in [0.15, 0.2) is 0 Å². The summed E-state index contributed by atoms with van der Waals surface area (Å²) >= 11 is 0. The second-order valence-corrected chi connectivity index (χ2v) is 3.85. The molecule has 100 valence electrons. The quantitative estimate of drug-likeness (QED) is 0.597. The van der Waals surface area contributed by atoms with Crippen molar-refractivity contribution >= 4 is 11.4 Å². The second kappa shape index (κ2) is 6.80. The second-order valence-electron chi connectivity index (χ2n) is 3.85.